The maximum absolute atomic E-state index is 13.0. The van der Waals surface area contributed by atoms with Crippen LogP contribution in [0.15, 0.2) is 12.2 Å². The largest absolute Gasteiger partial charge is 0.481 e. The zero-order chi connectivity index (χ0) is 19.1. The van der Waals surface area contributed by atoms with Crippen molar-refractivity contribution in [3.05, 3.63) is 28.2 Å². The Balaban J connectivity index is 1.59. The van der Waals surface area contributed by atoms with Gasteiger partial charge in [0.05, 0.1) is 24.0 Å². The number of fused-ring (bicyclic) bond motifs is 3. The van der Waals surface area contributed by atoms with Gasteiger partial charge in [0.15, 0.2) is 0 Å². The lowest BCUT2D eigenvalue weighted by molar-refractivity contribution is -0.146. The van der Waals surface area contributed by atoms with Crippen LogP contribution in [-0.2, 0) is 27.2 Å². The van der Waals surface area contributed by atoms with Crippen molar-refractivity contribution in [2.75, 3.05) is 11.9 Å². The number of carboxylic acids is 1. The molecule has 7 heteroatoms. The molecule has 6 nitrogen and oxygen atoms in total. The van der Waals surface area contributed by atoms with Gasteiger partial charge in [0.1, 0.15) is 5.00 Å². The van der Waals surface area contributed by atoms with Crippen molar-refractivity contribution < 1.29 is 24.2 Å². The molecule has 0 aromatic carbocycles. The minimum absolute atomic E-state index is 0.0431. The van der Waals surface area contributed by atoms with Crippen LogP contribution < -0.4 is 5.32 Å². The molecule has 1 heterocycles. The van der Waals surface area contributed by atoms with Gasteiger partial charge < -0.3 is 15.2 Å². The monoisotopic (exact) mass is 389 g/mol. The molecule has 1 aromatic heterocycles. The van der Waals surface area contributed by atoms with Gasteiger partial charge in [-0.25, -0.2) is 4.79 Å². The van der Waals surface area contributed by atoms with Gasteiger partial charge in [-0.3, -0.25) is 9.59 Å². The van der Waals surface area contributed by atoms with Gasteiger partial charge in [0, 0.05) is 4.88 Å². The number of anilines is 1. The molecule has 1 amide bonds. The molecule has 0 aliphatic heterocycles. The minimum Gasteiger partial charge on any atom is -0.481 e. The van der Waals surface area contributed by atoms with E-state index in [0.29, 0.717) is 23.6 Å². The molecule has 0 spiro atoms. The van der Waals surface area contributed by atoms with Crippen molar-refractivity contribution in [3.8, 4) is 0 Å². The number of aryl methyl sites for hydroxylation is 1. The maximum Gasteiger partial charge on any atom is 0.341 e. The average molecular weight is 389 g/mol. The van der Waals surface area contributed by atoms with E-state index in [1.165, 1.54) is 11.3 Å². The number of carbonyl (C=O) groups excluding carboxylic acids is 2. The van der Waals surface area contributed by atoms with Crippen molar-refractivity contribution >= 4 is 34.2 Å². The Kier molecular flexibility index (Phi) is 4.80. The van der Waals surface area contributed by atoms with Gasteiger partial charge in [-0.2, -0.15) is 0 Å². The van der Waals surface area contributed by atoms with Crippen LogP contribution in [0.5, 0.6) is 0 Å². The predicted octanol–water partition coefficient (Wildman–Crippen LogP) is 3.27. The van der Waals surface area contributed by atoms with E-state index in [1.54, 1.807) is 0 Å². The van der Waals surface area contributed by atoms with E-state index in [9.17, 15) is 19.5 Å². The van der Waals surface area contributed by atoms with Crippen LogP contribution in [0, 0.1) is 23.7 Å². The Morgan fingerprint density at radius 1 is 1.22 bits per heavy atom. The lowest BCUT2D eigenvalue weighted by atomic mass is 9.82. The topological polar surface area (TPSA) is 92.7 Å². The highest BCUT2D eigenvalue weighted by Gasteiger charge is 2.51. The SMILES string of the molecule is CCCOC(=O)c1c(NC(=O)[C@@H]2[C@@H](C(=O)O)[C@H]3C=C[C@@H]2C3)sc2c1CCC2. The zero-order valence-electron chi connectivity index (χ0n) is 15.2. The molecule has 1 fully saturated rings. The van der Waals surface area contributed by atoms with Gasteiger partial charge in [-0.1, -0.05) is 19.1 Å². The van der Waals surface area contributed by atoms with E-state index in [0.717, 1.165) is 36.1 Å². The second kappa shape index (κ2) is 7.11. The quantitative estimate of drug-likeness (QED) is 0.575. The summed E-state index contributed by atoms with van der Waals surface area (Å²) in [7, 11) is 0. The molecule has 3 aliphatic carbocycles. The van der Waals surface area contributed by atoms with Crippen LogP contribution in [0.3, 0.4) is 0 Å². The first-order valence-electron chi connectivity index (χ1n) is 9.55. The molecule has 3 aliphatic rings. The van der Waals surface area contributed by atoms with Crippen molar-refractivity contribution in [3.63, 3.8) is 0 Å². The predicted molar refractivity (Wildman–Crippen MR) is 101 cm³/mol. The second-order valence-electron chi connectivity index (χ2n) is 7.52. The third kappa shape index (κ3) is 3.08. The van der Waals surface area contributed by atoms with Crippen LogP contribution in [0.25, 0.3) is 0 Å². The Bertz CT molecular complexity index is 827. The van der Waals surface area contributed by atoms with Crippen molar-refractivity contribution in [1.29, 1.82) is 0 Å². The Morgan fingerprint density at radius 3 is 2.67 bits per heavy atom. The van der Waals surface area contributed by atoms with Crippen molar-refractivity contribution in [1.82, 2.24) is 0 Å². The normalized spacial score (nSPS) is 27.6. The standard InChI is InChI=1S/C20H23NO5S/c1-2-8-26-20(25)16-12-4-3-5-13(12)27-18(16)21-17(22)14-10-6-7-11(9-10)15(14)19(23)24/h6-7,10-11,14-15H,2-5,8-9H2,1H3,(H,21,22)(H,23,24)/t10-,11+,14+,15+/m1/s1. The first-order chi connectivity index (χ1) is 13.0. The molecular weight excluding hydrogens is 366 g/mol. The van der Waals surface area contributed by atoms with Crippen LogP contribution >= 0.6 is 11.3 Å². The van der Waals surface area contributed by atoms with Crippen molar-refractivity contribution in [2.45, 2.75) is 39.0 Å². The summed E-state index contributed by atoms with van der Waals surface area (Å²) < 4.78 is 5.33. The number of thiophene rings is 1. The Morgan fingerprint density at radius 2 is 1.96 bits per heavy atom. The number of carbonyl (C=O) groups is 3. The third-order valence-electron chi connectivity index (χ3n) is 5.85. The van der Waals surface area contributed by atoms with Crippen molar-refractivity contribution in [2.24, 2.45) is 23.7 Å². The van der Waals surface area contributed by atoms with Gasteiger partial charge in [0.2, 0.25) is 5.91 Å². The summed E-state index contributed by atoms with van der Waals surface area (Å²) >= 11 is 1.43. The number of carboxylic acid groups (broad SMARTS) is 1. The first-order valence-corrected chi connectivity index (χ1v) is 10.4. The molecule has 0 saturated heterocycles. The fraction of sp³-hybridized carbons (Fsp3) is 0.550. The van der Waals surface area contributed by atoms with Gasteiger partial charge in [-0.05, 0) is 49.5 Å². The highest BCUT2D eigenvalue weighted by Crippen LogP contribution is 2.49. The molecule has 4 rings (SSSR count). The fourth-order valence-corrected chi connectivity index (χ4v) is 5.97. The number of rotatable bonds is 6. The average Bonchev–Trinajstić information content (AvgIpc) is 3.38. The molecule has 0 radical (unpaired) electrons. The highest BCUT2D eigenvalue weighted by molar-refractivity contribution is 7.17. The third-order valence-corrected chi connectivity index (χ3v) is 7.05. The summed E-state index contributed by atoms with van der Waals surface area (Å²) in [6.07, 6.45) is 8.03. The second-order valence-corrected chi connectivity index (χ2v) is 8.63. The van der Waals surface area contributed by atoms with E-state index in [4.69, 9.17) is 4.74 Å². The van der Waals surface area contributed by atoms with Crippen LogP contribution in [0.2, 0.25) is 0 Å². The molecule has 4 atom stereocenters. The van der Waals surface area contributed by atoms with E-state index in [1.807, 2.05) is 19.1 Å². The summed E-state index contributed by atoms with van der Waals surface area (Å²) in [6.45, 7) is 2.28. The zero-order valence-corrected chi connectivity index (χ0v) is 16.0. The maximum atomic E-state index is 13.0. The number of allylic oxidation sites excluding steroid dienone is 2. The molecule has 1 aromatic rings. The molecule has 27 heavy (non-hydrogen) atoms. The van der Waals surface area contributed by atoms with Gasteiger partial charge in [-0.15, -0.1) is 11.3 Å². The number of aliphatic carboxylic acids is 1. The summed E-state index contributed by atoms with van der Waals surface area (Å²) in [5, 5.41) is 13.0. The minimum atomic E-state index is -0.928. The lowest BCUT2D eigenvalue weighted by Crippen LogP contribution is -2.36. The first kappa shape index (κ1) is 18.2. The van der Waals surface area contributed by atoms with E-state index in [2.05, 4.69) is 5.32 Å². The van der Waals surface area contributed by atoms with E-state index >= 15 is 0 Å². The number of hydrogen-bond donors (Lipinski definition) is 2. The summed E-state index contributed by atoms with van der Waals surface area (Å²) in [5.41, 5.74) is 1.46. The van der Waals surface area contributed by atoms with Crippen LogP contribution in [-0.4, -0.2) is 29.6 Å². The number of nitrogens with one attached hydrogen (secondary N) is 1. The van der Waals surface area contributed by atoms with E-state index in [-0.39, 0.29) is 17.7 Å². The molecular formula is C20H23NO5S. The smallest absolute Gasteiger partial charge is 0.341 e. The van der Waals surface area contributed by atoms with Gasteiger partial charge >= 0.3 is 11.9 Å². The molecule has 144 valence electrons. The molecule has 1 saturated carbocycles. The number of esters is 1. The van der Waals surface area contributed by atoms with Crippen LogP contribution in [0.4, 0.5) is 5.00 Å². The number of amides is 1. The number of ether oxygens (including phenoxy) is 1. The molecule has 2 N–H and O–H groups in total. The van der Waals surface area contributed by atoms with Gasteiger partial charge in [0.25, 0.3) is 0 Å². The summed E-state index contributed by atoms with van der Waals surface area (Å²) in [6, 6.07) is 0. The summed E-state index contributed by atoms with van der Waals surface area (Å²) in [4.78, 5) is 38.4. The van der Waals surface area contributed by atoms with Crippen LogP contribution in [0.1, 0.15) is 47.0 Å². The molecule has 0 unspecified atom stereocenters. The summed E-state index contributed by atoms with van der Waals surface area (Å²) in [5.74, 6) is -3.03. The highest BCUT2D eigenvalue weighted by atomic mass is 32.1. The lowest BCUT2D eigenvalue weighted by Gasteiger charge is -2.23. The fourth-order valence-electron chi connectivity index (χ4n) is 4.69. The Labute approximate surface area is 161 Å². The molecule has 2 bridgehead atoms. The number of hydrogen-bond acceptors (Lipinski definition) is 5. The Hall–Kier alpha value is -2.15. The van der Waals surface area contributed by atoms with E-state index < -0.39 is 23.8 Å².